The summed E-state index contributed by atoms with van der Waals surface area (Å²) in [6.45, 7) is -0.446. The van der Waals surface area contributed by atoms with Crippen molar-refractivity contribution in [3.8, 4) is 0 Å². The van der Waals surface area contributed by atoms with Crippen LogP contribution in [0.5, 0.6) is 0 Å². The highest BCUT2D eigenvalue weighted by molar-refractivity contribution is 7.89. The first-order chi connectivity index (χ1) is 9.40. The Hall–Kier alpha value is -1.15. The van der Waals surface area contributed by atoms with E-state index in [1.54, 1.807) is 12.1 Å². The van der Waals surface area contributed by atoms with Crippen molar-refractivity contribution in [1.29, 1.82) is 0 Å². The fourth-order valence-corrected chi connectivity index (χ4v) is 2.69. The summed E-state index contributed by atoms with van der Waals surface area (Å²) in [5.41, 5.74) is 0.925. The molecular weight excluding hydrogens is 306 g/mol. The number of sulfonamides is 1. The molecule has 0 aliphatic carbocycles. The van der Waals surface area contributed by atoms with Gasteiger partial charge in [0.05, 0.1) is 12.0 Å². The molecule has 0 bridgehead atoms. The highest BCUT2D eigenvalue weighted by Crippen LogP contribution is 2.11. The zero-order valence-corrected chi connectivity index (χ0v) is 12.4. The van der Waals surface area contributed by atoms with Gasteiger partial charge in [0.15, 0.2) is 6.10 Å². The van der Waals surface area contributed by atoms with Crippen molar-refractivity contribution in [2.75, 3.05) is 19.5 Å². The van der Waals surface area contributed by atoms with Gasteiger partial charge in [-0.05, 0) is 24.1 Å². The van der Waals surface area contributed by atoms with Crippen molar-refractivity contribution in [2.24, 2.45) is 0 Å². The summed E-state index contributed by atoms with van der Waals surface area (Å²) in [5, 5.41) is 9.33. The molecule has 112 valence electrons. The van der Waals surface area contributed by atoms with Gasteiger partial charge in [0.25, 0.3) is 0 Å². The number of ether oxygens (including phenoxy) is 1. The van der Waals surface area contributed by atoms with Gasteiger partial charge in [-0.1, -0.05) is 12.1 Å². The zero-order chi connectivity index (χ0) is 15.2. The number of hydrogen-bond acceptors (Lipinski definition) is 5. The van der Waals surface area contributed by atoms with Crippen molar-refractivity contribution in [3.05, 3.63) is 29.8 Å². The molecule has 1 rings (SSSR count). The van der Waals surface area contributed by atoms with Gasteiger partial charge < -0.3 is 9.84 Å². The van der Waals surface area contributed by atoms with E-state index in [1.165, 1.54) is 12.1 Å². The van der Waals surface area contributed by atoms with Crippen molar-refractivity contribution >= 4 is 27.6 Å². The van der Waals surface area contributed by atoms with Crippen molar-refractivity contribution < 1.29 is 23.1 Å². The second-order valence-corrected chi connectivity index (χ2v) is 6.12. The number of hydrogen-bond donors (Lipinski definition) is 2. The van der Waals surface area contributed by atoms with Gasteiger partial charge >= 0.3 is 5.97 Å². The molecule has 0 saturated carbocycles. The summed E-state index contributed by atoms with van der Waals surface area (Å²) in [6.07, 6.45) is -0.888. The first kappa shape index (κ1) is 16.9. The maximum atomic E-state index is 11.9. The third kappa shape index (κ3) is 4.75. The van der Waals surface area contributed by atoms with E-state index in [2.05, 4.69) is 9.46 Å². The highest BCUT2D eigenvalue weighted by atomic mass is 35.5. The van der Waals surface area contributed by atoms with E-state index in [-0.39, 0.29) is 4.90 Å². The molecule has 0 spiro atoms. The largest absolute Gasteiger partial charge is 0.467 e. The first-order valence-corrected chi connectivity index (χ1v) is 7.83. The molecule has 6 nitrogen and oxygen atoms in total. The fourth-order valence-electron chi connectivity index (χ4n) is 1.44. The maximum Gasteiger partial charge on any atom is 0.336 e. The Bertz CT molecular complexity index is 543. The Morgan fingerprint density at radius 3 is 2.50 bits per heavy atom. The normalized spacial score (nSPS) is 12.9. The van der Waals surface area contributed by atoms with Crippen molar-refractivity contribution in [3.63, 3.8) is 0 Å². The summed E-state index contributed by atoms with van der Waals surface area (Å²) in [4.78, 5) is 11.0. The average Bonchev–Trinajstić information content (AvgIpc) is 2.45. The van der Waals surface area contributed by atoms with Gasteiger partial charge in [0.1, 0.15) is 0 Å². The quantitative estimate of drug-likeness (QED) is 0.556. The highest BCUT2D eigenvalue weighted by Gasteiger charge is 2.20. The number of esters is 1. The Morgan fingerprint density at radius 1 is 1.40 bits per heavy atom. The topological polar surface area (TPSA) is 92.7 Å². The number of methoxy groups -OCH3 is 1. The van der Waals surface area contributed by atoms with Crippen LogP contribution in [0.15, 0.2) is 29.2 Å². The minimum absolute atomic E-state index is 0.0490. The summed E-state index contributed by atoms with van der Waals surface area (Å²) in [6, 6.07) is 6.20. The van der Waals surface area contributed by atoms with E-state index in [4.69, 9.17) is 11.6 Å². The van der Waals surface area contributed by atoms with Crippen LogP contribution in [0, 0.1) is 0 Å². The van der Waals surface area contributed by atoms with Gasteiger partial charge in [-0.2, -0.15) is 0 Å². The third-order valence-corrected chi connectivity index (χ3v) is 4.19. The lowest BCUT2D eigenvalue weighted by Gasteiger charge is -2.10. The van der Waals surface area contributed by atoms with E-state index >= 15 is 0 Å². The van der Waals surface area contributed by atoms with Gasteiger partial charge in [-0.15, -0.1) is 11.6 Å². The van der Waals surface area contributed by atoms with Crippen LogP contribution in [0.1, 0.15) is 5.56 Å². The number of carbonyl (C=O) groups excluding carboxylic acids is 1. The van der Waals surface area contributed by atoms with Crippen LogP contribution in [-0.4, -0.2) is 45.1 Å². The lowest BCUT2D eigenvalue weighted by molar-refractivity contribution is -0.149. The lowest BCUT2D eigenvalue weighted by atomic mass is 10.2. The fraction of sp³-hybridized carbons (Fsp3) is 0.417. The molecule has 0 radical (unpaired) electrons. The van der Waals surface area contributed by atoms with Crippen LogP contribution in [-0.2, 0) is 26.0 Å². The zero-order valence-electron chi connectivity index (χ0n) is 10.9. The molecular formula is C12H16ClNO5S. The lowest BCUT2D eigenvalue weighted by Crippen LogP contribution is -2.37. The minimum atomic E-state index is -3.78. The molecule has 0 fully saturated rings. The summed E-state index contributed by atoms with van der Waals surface area (Å²) in [5.74, 6) is -0.444. The van der Waals surface area contributed by atoms with E-state index in [9.17, 15) is 18.3 Å². The number of alkyl halides is 1. The van der Waals surface area contributed by atoms with Crippen LogP contribution in [0.4, 0.5) is 0 Å². The predicted molar refractivity (Wildman–Crippen MR) is 74.1 cm³/mol. The predicted octanol–water partition coefficient (Wildman–Crippen LogP) is 0.280. The SMILES string of the molecule is COC(=O)C(O)CNS(=O)(=O)c1ccc(CCCl)cc1. The number of nitrogens with one attached hydrogen (secondary N) is 1. The number of halogens is 1. The summed E-state index contributed by atoms with van der Waals surface area (Å²) >= 11 is 5.59. The molecule has 1 aromatic rings. The summed E-state index contributed by atoms with van der Waals surface area (Å²) < 4.78 is 30.3. The first-order valence-electron chi connectivity index (χ1n) is 5.81. The molecule has 0 saturated heterocycles. The molecule has 0 aromatic heterocycles. The molecule has 2 N–H and O–H groups in total. The Labute approximate surface area is 122 Å². The molecule has 0 aliphatic rings. The molecule has 20 heavy (non-hydrogen) atoms. The number of rotatable bonds is 7. The molecule has 0 amide bonds. The van der Waals surface area contributed by atoms with E-state index < -0.39 is 28.6 Å². The molecule has 0 heterocycles. The van der Waals surface area contributed by atoms with Crippen molar-refractivity contribution in [1.82, 2.24) is 4.72 Å². The van der Waals surface area contributed by atoms with Crippen LogP contribution in [0.3, 0.4) is 0 Å². The Balaban J connectivity index is 2.71. The molecule has 0 aliphatic heterocycles. The number of carbonyl (C=O) groups is 1. The van der Waals surface area contributed by atoms with Gasteiger partial charge in [-0.25, -0.2) is 17.9 Å². The summed E-state index contributed by atoms with van der Waals surface area (Å²) in [7, 11) is -2.67. The second kappa shape index (κ2) is 7.58. The maximum absolute atomic E-state index is 11.9. The van der Waals surface area contributed by atoms with Crippen LogP contribution in [0.2, 0.25) is 0 Å². The van der Waals surface area contributed by atoms with Crippen molar-refractivity contribution in [2.45, 2.75) is 17.4 Å². The van der Waals surface area contributed by atoms with E-state index in [0.29, 0.717) is 12.3 Å². The van der Waals surface area contributed by atoms with Crippen LogP contribution < -0.4 is 4.72 Å². The van der Waals surface area contributed by atoms with E-state index in [1.807, 2.05) is 0 Å². The van der Waals surface area contributed by atoms with Gasteiger partial charge in [0.2, 0.25) is 10.0 Å². The number of aliphatic hydroxyl groups is 1. The standard InChI is InChI=1S/C12H16ClNO5S/c1-19-12(16)11(15)8-14-20(17,18)10-4-2-9(3-5-10)6-7-13/h2-5,11,14-15H,6-8H2,1H3. The van der Waals surface area contributed by atoms with E-state index in [0.717, 1.165) is 12.7 Å². The molecule has 1 atom stereocenters. The van der Waals surface area contributed by atoms with Gasteiger partial charge in [0, 0.05) is 12.4 Å². The van der Waals surface area contributed by atoms with Crippen LogP contribution >= 0.6 is 11.6 Å². The Kier molecular flexibility index (Phi) is 6.41. The third-order valence-electron chi connectivity index (χ3n) is 2.56. The molecule has 1 aromatic carbocycles. The number of aliphatic hydroxyl groups excluding tert-OH is 1. The number of aryl methyl sites for hydroxylation is 1. The second-order valence-electron chi connectivity index (χ2n) is 3.97. The molecule has 8 heteroatoms. The van der Waals surface area contributed by atoms with Crippen LogP contribution in [0.25, 0.3) is 0 Å². The molecule has 1 unspecified atom stereocenters. The smallest absolute Gasteiger partial charge is 0.336 e. The monoisotopic (exact) mass is 321 g/mol. The average molecular weight is 322 g/mol. The minimum Gasteiger partial charge on any atom is -0.467 e. The van der Waals surface area contributed by atoms with Gasteiger partial charge in [-0.3, -0.25) is 0 Å². The Morgan fingerprint density at radius 2 is 2.00 bits per heavy atom. The number of benzene rings is 1.